The summed E-state index contributed by atoms with van der Waals surface area (Å²) in [7, 11) is 0. The molecule has 0 saturated heterocycles. The van der Waals surface area contributed by atoms with E-state index < -0.39 is 0 Å². The second-order valence-electron chi connectivity index (χ2n) is 8.87. The van der Waals surface area contributed by atoms with E-state index in [0.717, 1.165) is 42.6 Å². The summed E-state index contributed by atoms with van der Waals surface area (Å²) in [5.74, 6) is 0.317. The van der Waals surface area contributed by atoms with Gasteiger partial charge in [-0.3, -0.25) is 0 Å². The molecule has 0 amide bonds. The van der Waals surface area contributed by atoms with Gasteiger partial charge in [-0.25, -0.2) is 4.79 Å². The first-order valence-corrected chi connectivity index (χ1v) is 12.7. The molecule has 0 aliphatic heterocycles. The molecule has 3 rings (SSSR count). The molecular weight excluding hydrogens is 420 g/mol. The highest BCUT2D eigenvalue weighted by molar-refractivity contribution is 5.91. The number of carbonyl (C=O) groups excluding carboxylic acids is 1. The number of rotatable bonds is 13. The number of ether oxygens (including phenoxy) is 2. The zero-order valence-electron chi connectivity index (χ0n) is 20.9. The van der Waals surface area contributed by atoms with Gasteiger partial charge in [-0.15, -0.1) is 0 Å². The van der Waals surface area contributed by atoms with Crippen LogP contribution in [0.1, 0.15) is 86.9 Å². The molecule has 0 radical (unpaired) electrons. The van der Waals surface area contributed by atoms with Gasteiger partial charge in [-0.2, -0.15) is 0 Å². The van der Waals surface area contributed by atoms with Gasteiger partial charge in [-0.1, -0.05) is 101 Å². The van der Waals surface area contributed by atoms with E-state index in [0.29, 0.717) is 11.3 Å². The van der Waals surface area contributed by atoms with E-state index in [2.05, 4.69) is 45.0 Å². The van der Waals surface area contributed by atoms with Crippen LogP contribution in [0.4, 0.5) is 0 Å². The molecule has 0 saturated carbocycles. The van der Waals surface area contributed by atoms with Crippen LogP contribution in [-0.4, -0.2) is 12.6 Å². The van der Waals surface area contributed by atoms with Gasteiger partial charge in [0.05, 0.1) is 11.7 Å². The van der Waals surface area contributed by atoms with Crippen molar-refractivity contribution in [3.63, 3.8) is 0 Å². The monoisotopic (exact) mass is 458 g/mol. The topological polar surface area (TPSA) is 35.5 Å². The average molecular weight is 459 g/mol. The largest absolute Gasteiger partial charge is 0.423 e. The maximum Gasteiger partial charge on any atom is 0.343 e. The number of esters is 1. The van der Waals surface area contributed by atoms with E-state index in [4.69, 9.17) is 9.47 Å². The predicted octanol–water partition coefficient (Wildman–Crippen LogP) is 8.57. The van der Waals surface area contributed by atoms with Crippen LogP contribution in [0, 0.1) is 0 Å². The van der Waals surface area contributed by atoms with Gasteiger partial charge in [0.15, 0.2) is 0 Å². The molecule has 180 valence electrons. The first kappa shape index (κ1) is 25.7. The van der Waals surface area contributed by atoms with Crippen molar-refractivity contribution in [2.24, 2.45) is 0 Å². The van der Waals surface area contributed by atoms with Crippen LogP contribution in [0.25, 0.3) is 11.1 Å². The molecule has 0 aliphatic rings. The molecule has 0 fully saturated rings. The minimum atomic E-state index is -0.328. The number of hydrogen-bond acceptors (Lipinski definition) is 3. The van der Waals surface area contributed by atoms with Gasteiger partial charge in [0, 0.05) is 6.61 Å². The number of hydrogen-bond donors (Lipinski definition) is 0. The third-order valence-corrected chi connectivity index (χ3v) is 6.14. The Morgan fingerprint density at radius 1 is 0.765 bits per heavy atom. The van der Waals surface area contributed by atoms with Gasteiger partial charge < -0.3 is 9.47 Å². The summed E-state index contributed by atoms with van der Waals surface area (Å²) < 4.78 is 11.7. The van der Waals surface area contributed by atoms with Gasteiger partial charge in [-0.05, 0) is 60.2 Å². The third-order valence-electron chi connectivity index (χ3n) is 6.14. The Hall–Kier alpha value is -2.91. The van der Waals surface area contributed by atoms with Crippen LogP contribution >= 0.6 is 0 Å². The molecule has 0 aromatic heterocycles. The third kappa shape index (κ3) is 7.56. The predicted molar refractivity (Wildman–Crippen MR) is 140 cm³/mol. The summed E-state index contributed by atoms with van der Waals surface area (Å²) in [5.41, 5.74) is 4.98. The van der Waals surface area contributed by atoms with E-state index in [-0.39, 0.29) is 12.1 Å². The summed E-state index contributed by atoms with van der Waals surface area (Å²) in [6.07, 6.45) is 8.23. The zero-order chi connectivity index (χ0) is 24.2. The molecule has 0 bridgehead atoms. The normalized spacial score (nSPS) is 11.9. The second kappa shape index (κ2) is 13.7. The zero-order valence-corrected chi connectivity index (χ0v) is 20.9. The maximum absolute atomic E-state index is 12.7. The molecule has 0 N–H and O–H groups in total. The number of unbranched alkanes of at least 4 members (excludes halogenated alkanes) is 4. The molecule has 34 heavy (non-hydrogen) atoms. The van der Waals surface area contributed by atoms with E-state index in [1.165, 1.54) is 31.2 Å². The Morgan fingerprint density at radius 3 is 2.09 bits per heavy atom. The lowest BCUT2D eigenvalue weighted by Crippen LogP contribution is -2.09. The molecule has 3 aromatic rings. The molecule has 3 heteroatoms. The van der Waals surface area contributed by atoms with Gasteiger partial charge in [0.2, 0.25) is 0 Å². The highest BCUT2D eigenvalue weighted by Crippen LogP contribution is 2.25. The lowest BCUT2D eigenvalue weighted by Gasteiger charge is -2.14. The minimum Gasteiger partial charge on any atom is -0.423 e. The Kier molecular flexibility index (Phi) is 10.4. The number of aryl methyl sites for hydroxylation is 1. The fourth-order valence-corrected chi connectivity index (χ4v) is 4.05. The molecular formula is C31H38O3. The van der Waals surface area contributed by atoms with Crippen molar-refractivity contribution in [3.8, 4) is 16.9 Å². The minimum absolute atomic E-state index is 0.0907. The fraction of sp³-hybridized carbons (Fsp3) is 0.387. The van der Waals surface area contributed by atoms with Crippen LogP contribution in [0.2, 0.25) is 0 Å². The standard InChI is InChI=1S/C31H38O3/c1-4-6-7-8-11-23-33-24(3)25-15-17-26(18-16-25)27-19-21-29(22-20-27)31(32)34-30-14-10-9-13-28(30)12-5-2/h9-10,13-22,24H,4-8,11-12,23H2,1-3H3. The lowest BCUT2D eigenvalue weighted by molar-refractivity contribution is 0.0627. The van der Waals surface area contributed by atoms with Gasteiger partial charge >= 0.3 is 5.97 Å². The quantitative estimate of drug-likeness (QED) is 0.146. The average Bonchev–Trinajstić information content (AvgIpc) is 2.87. The van der Waals surface area contributed by atoms with E-state index in [1.54, 1.807) is 0 Å². The maximum atomic E-state index is 12.7. The molecule has 1 atom stereocenters. The van der Waals surface area contributed by atoms with Crippen molar-refractivity contribution >= 4 is 5.97 Å². The number of carbonyl (C=O) groups is 1. The van der Waals surface area contributed by atoms with E-state index in [1.807, 2.05) is 48.5 Å². The molecule has 3 nitrogen and oxygen atoms in total. The Labute approximate surface area is 205 Å². The van der Waals surface area contributed by atoms with Crippen molar-refractivity contribution in [1.82, 2.24) is 0 Å². The second-order valence-corrected chi connectivity index (χ2v) is 8.87. The Balaban J connectivity index is 1.55. The van der Waals surface area contributed by atoms with Crippen LogP contribution in [-0.2, 0) is 11.2 Å². The van der Waals surface area contributed by atoms with Crippen LogP contribution in [0.5, 0.6) is 5.75 Å². The highest BCUT2D eigenvalue weighted by atomic mass is 16.5. The molecule has 3 aromatic carbocycles. The Bertz CT molecular complexity index is 1010. The van der Waals surface area contributed by atoms with Crippen LogP contribution in [0.3, 0.4) is 0 Å². The summed E-state index contributed by atoms with van der Waals surface area (Å²) in [6.45, 7) is 7.28. The summed E-state index contributed by atoms with van der Waals surface area (Å²) in [5, 5.41) is 0. The van der Waals surface area contributed by atoms with Crippen molar-refractivity contribution in [1.29, 1.82) is 0 Å². The van der Waals surface area contributed by atoms with Crippen molar-refractivity contribution in [2.75, 3.05) is 6.61 Å². The SMILES string of the molecule is CCCCCCCOC(C)c1ccc(-c2ccc(C(=O)Oc3ccccc3CCC)cc2)cc1. The molecule has 0 aliphatic carbocycles. The molecule has 0 spiro atoms. The summed E-state index contributed by atoms with van der Waals surface area (Å²) in [6, 6.07) is 23.8. The van der Waals surface area contributed by atoms with Crippen LogP contribution in [0.15, 0.2) is 72.8 Å². The highest BCUT2D eigenvalue weighted by Gasteiger charge is 2.12. The first-order chi connectivity index (χ1) is 16.6. The van der Waals surface area contributed by atoms with E-state index >= 15 is 0 Å². The molecule has 0 heterocycles. The van der Waals surface area contributed by atoms with Crippen LogP contribution < -0.4 is 4.74 Å². The van der Waals surface area contributed by atoms with Gasteiger partial charge in [0.1, 0.15) is 5.75 Å². The van der Waals surface area contributed by atoms with Crippen molar-refractivity contribution < 1.29 is 14.3 Å². The number of para-hydroxylation sites is 1. The summed E-state index contributed by atoms with van der Waals surface area (Å²) >= 11 is 0. The lowest BCUT2D eigenvalue weighted by atomic mass is 10.0. The van der Waals surface area contributed by atoms with E-state index in [9.17, 15) is 4.79 Å². The summed E-state index contributed by atoms with van der Waals surface area (Å²) in [4.78, 5) is 12.7. The first-order valence-electron chi connectivity index (χ1n) is 12.7. The fourth-order valence-electron chi connectivity index (χ4n) is 4.05. The van der Waals surface area contributed by atoms with Crippen molar-refractivity contribution in [2.45, 2.75) is 71.8 Å². The van der Waals surface area contributed by atoms with Crippen molar-refractivity contribution in [3.05, 3.63) is 89.5 Å². The Morgan fingerprint density at radius 2 is 1.41 bits per heavy atom. The number of benzene rings is 3. The van der Waals surface area contributed by atoms with Gasteiger partial charge in [0.25, 0.3) is 0 Å². The smallest absolute Gasteiger partial charge is 0.343 e. The molecule has 1 unspecified atom stereocenters.